The summed E-state index contributed by atoms with van der Waals surface area (Å²) in [6.45, 7) is 7.68. The number of benzene rings is 2. The topological polar surface area (TPSA) is 121 Å². The number of amides is 1. The van der Waals surface area contributed by atoms with Crippen LogP contribution in [-0.2, 0) is 4.79 Å². The van der Waals surface area contributed by atoms with Gasteiger partial charge in [-0.25, -0.2) is 9.97 Å². The summed E-state index contributed by atoms with van der Waals surface area (Å²) in [6.07, 6.45) is 3.55. The molecule has 0 aliphatic rings. The molecule has 3 N–H and O–H groups in total. The van der Waals surface area contributed by atoms with Crippen molar-refractivity contribution in [2.24, 2.45) is 5.41 Å². The smallest absolute Gasteiger partial charge is 0.229 e. The van der Waals surface area contributed by atoms with Crippen molar-refractivity contribution in [3.8, 4) is 39.7 Å². The van der Waals surface area contributed by atoms with E-state index in [9.17, 15) is 4.79 Å². The van der Waals surface area contributed by atoms with E-state index >= 15 is 0 Å². The number of ether oxygens (including phenoxy) is 1. The maximum atomic E-state index is 12.6. The van der Waals surface area contributed by atoms with Crippen molar-refractivity contribution in [1.29, 1.82) is 0 Å². The molecular weight excluding hydrogens is 502 g/mol. The van der Waals surface area contributed by atoms with E-state index in [1.807, 2.05) is 82.3 Å². The van der Waals surface area contributed by atoms with Crippen molar-refractivity contribution in [3.05, 3.63) is 72.6 Å². The molecule has 0 fully saturated rings. The second kappa shape index (κ2) is 9.60. The first-order valence-corrected chi connectivity index (χ1v) is 13.0. The molecule has 200 valence electrons. The molecule has 0 radical (unpaired) electrons. The molecule has 40 heavy (non-hydrogen) atoms. The lowest BCUT2D eigenvalue weighted by molar-refractivity contribution is -0.123. The summed E-state index contributed by atoms with van der Waals surface area (Å²) in [5.74, 6) is 1.31. The van der Waals surface area contributed by atoms with Crippen LogP contribution in [0.4, 0.5) is 5.69 Å². The van der Waals surface area contributed by atoms with Crippen LogP contribution in [-0.4, -0.2) is 43.2 Å². The predicted molar refractivity (Wildman–Crippen MR) is 157 cm³/mol. The number of carbonyl (C=O) groups is 1. The van der Waals surface area contributed by atoms with Crippen molar-refractivity contribution in [1.82, 2.24) is 30.1 Å². The molecule has 6 aromatic rings. The van der Waals surface area contributed by atoms with E-state index in [1.165, 1.54) is 0 Å². The molecule has 0 atom stereocenters. The van der Waals surface area contributed by atoms with Crippen molar-refractivity contribution >= 4 is 33.7 Å². The van der Waals surface area contributed by atoms with Gasteiger partial charge < -0.3 is 15.0 Å². The summed E-state index contributed by atoms with van der Waals surface area (Å²) in [5, 5.41) is 10.7. The second-order valence-corrected chi connectivity index (χ2v) is 10.9. The number of H-pyrrole nitrogens is 2. The lowest BCUT2D eigenvalue weighted by Crippen LogP contribution is -2.27. The average molecular weight is 532 g/mol. The largest absolute Gasteiger partial charge is 0.497 e. The number of nitrogens with one attached hydrogen (secondary N) is 3. The molecule has 0 unspecified atom stereocenters. The molecule has 0 spiro atoms. The highest BCUT2D eigenvalue weighted by molar-refractivity contribution is 5.97. The van der Waals surface area contributed by atoms with Crippen LogP contribution < -0.4 is 10.1 Å². The molecule has 6 rings (SSSR count). The number of imidazole rings is 1. The summed E-state index contributed by atoms with van der Waals surface area (Å²) in [7, 11) is 1.65. The normalized spacial score (nSPS) is 11.7. The fraction of sp³-hybridized carbons (Fsp3) is 0.194. The first kappa shape index (κ1) is 25.2. The Morgan fingerprint density at radius 2 is 1.77 bits per heavy atom. The monoisotopic (exact) mass is 531 g/mol. The van der Waals surface area contributed by atoms with Crippen molar-refractivity contribution in [2.45, 2.75) is 27.7 Å². The van der Waals surface area contributed by atoms with E-state index in [0.29, 0.717) is 17.0 Å². The quantitative estimate of drug-likeness (QED) is 0.232. The highest BCUT2D eigenvalue weighted by Gasteiger charge is 2.22. The number of pyridine rings is 2. The first-order valence-electron chi connectivity index (χ1n) is 13.0. The molecule has 0 aliphatic carbocycles. The number of carbonyl (C=O) groups excluding carboxylic acids is 1. The van der Waals surface area contributed by atoms with Crippen molar-refractivity contribution < 1.29 is 9.53 Å². The van der Waals surface area contributed by atoms with Crippen LogP contribution in [0.2, 0.25) is 0 Å². The maximum absolute atomic E-state index is 12.6. The molecule has 4 aromatic heterocycles. The predicted octanol–water partition coefficient (Wildman–Crippen LogP) is 6.53. The van der Waals surface area contributed by atoms with Crippen LogP contribution in [0.3, 0.4) is 0 Å². The van der Waals surface area contributed by atoms with Crippen LogP contribution in [0.5, 0.6) is 5.75 Å². The molecule has 9 heteroatoms. The second-order valence-electron chi connectivity index (χ2n) is 10.9. The van der Waals surface area contributed by atoms with Gasteiger partial charge in [-0.05, 0) is 60.5 Å². The van der Waals surface area contributed by atoms with Crippen molar-refractivity contribution in [3.63, 3.8) is 0 Å². The molecule has 0 aliphatic heterocycles. The van der Waals surface area contributed by atoms with Crippen LogP contribution >= 0.6 is 0 Å². The summed E-state index contributed by atoms with van der Waals surface area (Å²) < 4.78 is 5.41. The minimum atomic E-state index is -0.499. The van der Waals surface area contributed by atoms with Gasteiger partial charge in [-0.15, -0.1) is 0 Å². The standard InChI is InChI=1S/C31H29N7O2/c1-17-11-19(13-20(12-17)33-30(39)31(2,3)4)23-9-10-24-27(34-23)28(38-37-24)29-35-25-16-32-15-22(26(25)36-29)18-7-6-8-21(14-18)40-5/h6-16H,1-5H3,(H,33,39)(H,35,36)(H,37,38). The van der Waals surface area contributed by atoms with Crippen LogP contribution in [0, 0.1) is 12.3 Å². The van der Waals surface area contributed by atoms with Gasteiger partial charge >= 0.3 is 0 Å². The fourth-order valence-electron chi connectivity index (χ4n) is 4.59. The summed E-state index contributed by atoms with van der Waals surface area (Å²) in [6, 6.07) is 17.7. The Hall–Kier alpha value is -5.05. The third-order valence-corrected chi connectivity index (χ3v) is 6.72. The minimum Gasteiger partial charge on any atom is -0.497 e. The number of aryl methyl sites for hydroxylation is 1. The maximum Gasteiger partial charge on any atom is 0.229 e. The number of methoxy groups -OCH3 is 1. The number of aromatic nitrogens is 6. The van der Waals surface area contributed by atoms with Gasteiger partial charge in [0.15, 0.2) is 11.5 Å². The SMILES string of the molecule is COc1cccc(-c2cncc3[nH]c(-c4n[nH]c5ccc(-c6cc(C)cc(NC(=O)C(C)(C)C)c6)nc45)nc23)c1. The summed E-state index contributed by atoms with van der Waals surface area (Å²) in [4.78, 5) is 30.3. The Bertz CT molecular complexity index is 1900. The van der Waals surface area contributed by atoms with Gasteiger partial charge in [0.2, 0.25) is 5.91 Å². The Kier molecular flexibility index (Phi) is 6.06. The summed E-state index contributed by atoms with van der Waals surface area (Å²) >= 11 is 0. The molecule has 0 bridgehead atoms. The van der Waals surface area contributed by atoms with Gasteiger partial charge in [-0.1, -0.05) is 32.9 Å². The van der Waals surface area contributed by atoms with E-state index in [-0.39, 0.29) is 5.91 Å². The zero-order chi connectivity index (χ0) is 28.0. The Morgan fingerprint density at radius 3 is 2.58 bits per heavy atom. The molecule has 1 amide bonds. The van der Waals surface area contributed by atoms with Gasteiger partial charge in [-0.2, -0.15) is 5.10 Å². The van der Waals surface area contributed by atoms with E-state index in [4.69, 9.17) is 14.7 Å². The van der Waals surface area contributed by atoms with Gasteiger partial charge in [0, 0.05) is 28.4 Å². The zero-order valence-electron chi connectivity index (χ0n) is 23.0. The average Bonchev–Trinajstić information content (AvgIpc) is 3.56. The third kappa shape index (κ3) is 4.66. The molecule has 4 heterocycles. The third-order valence-electron chi connectivity index (χ3n) is 6.72. The number of hydrogen-bond acceptors (Lipinski definition) is 6. The number of anilines is 1. The van der Waals surface area contributed by atoms with Crippen molar-refractivity contribution in [2.75, 3.05) is 12.4 Å². The Labute approximate surface area is 231 Å². The lowest BCUT2D eigenvalue weighted by Gasteiger charge is -2.18. The van der Waals surface area contributed by atoms with E-state index < -0.39 is 5.41 Å². The highest BCUT2D eigenvalue weighted by atomic mass is 16.5. The lowest BCUT2D eigenvalue weighted by atomic mass is 9.95. The number of aromatic amines is 2. The minimum absolute atomic E-state index is 0.0442. The molecule has 2 aromatic carbocycles. The summed E-state index contributed by atoms with van der Waals surface area (Å²) in [5.41, 5.74) is 8.42. The van der Waals surface area contributed by atoms with E-state index in [2.05, 4.69) is 25.5 Å². The van der Waals surface area contributed by atoms with E-state index in [1.54, 1.807) is 19.5 Å². The molecule has 0 saturated carbocycles. The first-order chi connectivity index (χ1) is 19.2. The number of fused-ring (bicyclic) bond motifs is 2. The fourth-order valence-corrected chi connectivity index (χ4v) is 4.59. The van der Waals surface area contributed by atoms with Gasteiger partial charge in [-0.3, -0.25) is 14.9 Å². The molecular formula is C31H29N7O2. The van der Waals surface area contributed by atoms with Crippen LogP contribution in [0.15, 0.2) is 67.0 Å². The van der Waals surface area contributed by atoms with Gasteiger partial charge in [0.05, 0.1) is 35.6 Å². The Balaban J connectivity index is 1.41. The number of hydrogen-bond donors (Lipinski definition) is 3. The molecule has 9 nitrogen and oxygen atoms in total. The van der Waals surface area contributed by atoms with Crippen LogP contribution in [0.1, 0.15) is 26.3 Å². The zero-order valence-corrected chi connectivity index (χ0v) is 23.0. The van der Waals surface area contributed by atoms with Gasteiger partial charge in [0.1, 0.15) is 11.3 Å². The Morgan fingerprint density at radius 1 is 0.925 bits per heavy atom. The number of nitrogens with zero attached hydrogens (tertiary/aromatic N) is 4. The number of rotatable bonds is 5. The highest BCUT2D eigenvalue weighted by Crippen LogP contribution is 2.33. The van der Waals surface area contributed by atoms with Crippen LogP contribution in [0.25, 0.3) is 56.0 Å². The van der Waals surface area contributed by atoms with Gasteiger partial charge in [0.25, 0.3) is 0 Å². The molecule has 0 saturated heterocycles. The van der Waals surface area contributed by atoms with E-state index in [0.717, 1.165) is 55.9 Å².